The summed E-state index contributed by atoms with van der Waals surface area (Å²) in [7, 11) is 0. The highest BCUT2D eigenvalue weighted by molar-refractivity contribution is 6.09. The SMILES string of the molecule is CC(C)N1c2ccc(-n3c4ccccc4c4ccccc43)cc2C(C)(C)c2cc(N(c3ccccc3)c3ccccc3)ncc21. The molecular weight excluding hydrogens is 548 g/mol. The molecule has 0 aliphatic carbocycles. The van der Waals surface area contributed by atoms with Crippen LogP contribution in [0.5, 0.6) is 0 Å². The first-order valence-corrected chi connectivity index (χ1v) is 15.8. The normalized spacial score (nSPS) is 13.7. The summed E-state index contributed by atoms with van der Waals surface area (Å²) in [6.45, 7) is 9.25. The fourth-order valence-corrected chi connectivity index (χ4v) is 7.23. The van der Waals surface area contributed by atoms with Crippen LogP contribution in [0.15, 0.2) is 140 Å². The van der Waals surface area contributed by atoms with Gasteiger partial charge in [0.15, 0.2) is 0 Å². The average molecular weight is 585 g/mol. The summed E-state index contributed by atoms with van der Waals surface area (Å²) in [6, 6.07) is 48.1. The number of aromatic nitrogens is 2. The molecule has 1 aliphatic rings. The van der Waals surface area contributed by atoms with Crippen molar-refractivity contribution in [1.82, 2.24) is 9.55 Å². The van der Waals surface area contributed by atoms with Gasteiger partial charge in [0.1, 0.15) is 5.82 Å². The van der Waals surface area contributed by atoms with E-state index in [-0.39, 0.29) is 11.5 Å². The van der Waals surface area contributed by atoms with Crippen LogP contribution in [0.1, 0.15) is 38.8 Å². The van der Waals surface area contributed by atoms with Crippen molar-refractivity contribution < 1.29 is 0 Å². The van der Waals surface area contributed by atoms with Crippen LogP contribution in [-0.2, 0) is 5.41 Å². The summed E-state index contributed by atoms with van der Waals surface area (Å²) in [4.78, 5) is 9.83. The van der Waals surface area contributed by atoms with E-state index < -0.39 is 0 Å². The number of fused-ring (bicyclic) bond motifs is 5. The van der Waals surface area contributed by atoms with Crippen LogP contribution >= 0.6 is 0 Å². The third-order valence-electron chi connectivity index (χ3n) is 9.33. The second kappa shape index (κ2) is 10.4. The molecule has 0 unspecified atom stereocenters. The molecule has 0 saturated heterocycles. The molecule has 0 amide bonds. The molecule has 0 fully saturated rings. The maximum Gasteiger partial charge on any atom is 0.137 e. The Morgan fingerprint density at radius 3 is 1.71 bits per heavy atom. The zero-order chi connectivity index (χ0) is 30.7. The molecule has 0 bridgehead atoms. The van der Waals surface area contributed by atoms with E-state index in [0.29, 0.717) is 0 Å². The predicted octanol–water partition coefficient (Wildman–Crippen LogP) is 10.8. The van der Waals surface area contributed by atoms with E-state index in [2.05, 4.69) is 182 Å². The number of hydrogen-bond donors (Lipinski definition) is 0. The smallest absolute Gasteiger partial charge is 0.137 e. The lowest BCUT2D eigenvalue weighted by molar-refractivity contribution is 0.611. The summed E-state index contributed by atoms with van der Waals surface area (Å²) < 4.78 is 2.42. The average Bonchev–Trinajstić information content (AvgIpc) is 3.40. The monoisotopic (exact) mass is 584 g/mol. The van der Waals surface area contributed by atoms with Gasteiger partial charge < -0.3 is 9.47 Å². The van der Waals surface area contributed by atoms with Crippen LogP contribution in [0.25, 0.3) is 27.5 Å². The Morgan fingerprint density at radius 1 is 0.600 bits per heavy atom. The number of benzene rings is 5. The minimum atomic E-state index is -0.276. The van der Waals surface area contributed by atoms with Gasteiger partial charge in [-0.3, -0.25) is 4.90 Å². The third-order valence-corrected chi connectivity index (χ3v) is 9.33. The molecule has 3 heterocycles. The van der Waals surface area contributed by atoms with E-state index >= 15 is 0 Å². The van der Waals surface area contributed by atoms with Crippen LogP contribution in [0.2, 0.25) is 0 Å². The molecule has 7 aromatic rings. The Balaban J connectivity index is 1.33. The number of pyridine rings is 1. The Kier molecular flexibility index (Phi) is 6.28. The molecule has 0 spiro atoms. The van der Waals surface area contributed by atoms with E-state index in [0.717, 1.165) is 22.9 Å². The molecule has 0 atom stereocenters. The van der Waals surface area contributed by atoms with E-state index in [4.69, 9.17) is 4.98 Å². The topological polar surface area (TPSA) is 24.3 Å². The molecule has 1 aliphatic heterocycles. The highest BCUT2D eigenvalue weighted by atomic mass is 15.2. The molecule has 4 nitrogen and oxygen atoms in total. The van der Waals surface area contributed by atoms with Gasteiger partial charge in [-0.15, -0.1) is 0 Å². The quantitative estimate of drug-likeness (QED) is 0.201. The second-order valence-electron chi connectivity index (χ2n) is 12.7. The zero-order valence-corrected chi connectivity index (χ0v) is 26.1. The van der Waals surface area contributed by atoms with E-state index in [1.54, 1.807) is 0 Å². The molecule has 2 aromatic heterocycles. The number of rotatable bonds is 5. The Hall–Kier alpha value is -5.35. The molecule has 0 radical (unpaired) electrons. The van der Waals surface area contributed by atoms with Crippen molar-refractivity contribution in [3.63, 3.8) is 0 Å². The molecule has 0 saturated carbocycles. The zero-order valence-electron chi connectivity index (χ0n) is 26.1. The molecular formula is C41H36N4. The lowest BCUT2D eigenvalue weighted by Gasteiger charge is -2.44. The van der Waals surface area contributed by atoms with Crippen molar-refractivity contribution in [2.75, 3.05) is 9.80 Å². The predicted molar refractivity (Wildman–Crippen MR) is 189 cm³/mol. The van der Waals surface area contributed by atoms with Crippen molar-refractivity contribution in [3.05, 3.63) is 151 Å². The standard InChI is InChI=1S/C41H36N4/c1-28(2)43-38-24-23-31(45-36-21-13-11-19-32(36)33-20-12-14-22-37(33)45)25-34(38)41(3,4)35-26-40(42-27-39(35)43)44(29-15-7-5-8-16-29)30-17-9-6-10-18-30/h5-28H,1-4H3. The number of nitrogens with zero attached hydrogens (tertiary/aromatic N) is 4. The van der Waals surface area contributed by atoms with Gasteiger partial charge in [0.25, 0.3) is 0 Å². The van der Waals surface area contributed by atoms with Crippen molar-refractivity contribution in [2.24, 2.45) is 0 Å². The molecule has 5 aromatic carbocycles. The first-order valence-electron chi connectivity index (χ1n) is 15.8. The van der Waals surface area contributed by atoms with Crippen LogP contribution in [-0.4, -0.2) is 15.6 Å². The van der Waals surface area contributed by atoms with Crippen molar-refractivity contribution >= 4 is 50.4 Å². The van der Waals surface area contributed by atoms with Crippen LogP contribution < -0.4 is 9.80 Å². The van der Waals surface area contributed by atoms with Crippen molar-refractivity contribution in [1.29, 1.82) is 0 Å². The van der Waals surface area contributed by atoms with Gasteiger partial charge in [0.2, 0.25) is 0 Å². The van der Waals surface area contributed by atoms with E-state index in [9.17, 15) is 0 Å². The second-order valence-corrected chi connectivity index (χ2v) is 12.7. The maximum atomic E-state index is 5.12. The number of anilines is 5. The lowest BCUT2D eigenvalue weighted by atomic mass is 9.73. The first-order chi connectivity index (χ1) is 21.9. The van der Waals surface area contributed by atoms with Gasteiger partial charge in [-0.05, 0) is 85.6 Å². The Labute approximate surface area is 264 Å². The van der Waals surface area contributed by atoms with Crippen LogP contribution in [0.4, 0.5) is 28.6 Å². The summed E-state index contributed by atoms with van der Waals surface area (Å²) in [6.07, 6.45) is 2.08. The van der Waals surface area contributed by atoms with Crippen molar-refractivity contribution in [3.8, 4) is 5.69 Å². The molecule has 4 heteroatoms. The maximum absolute atomic E-state index is 5.12. The van der Waals surface area contributed by atoms with Gasteiger partial charge >= 0.3 is 0 Å². The largest absolute Gasteiger partial charge is 0.337 e. The molecule has 220 valence electrons. The first kappa shape index (κ1) is 27.2. The van der Waals surface area contributed by atoms with Gasteiger partial charge in [-0.1, -0.05) is 86.6 Å². The summed E-state index contributed by atoms with van der Waals surface area (Å²) >= 11 is 0. The summed E-state index contributed by atoms with van der Waals surface area (Å²) in [5.41, 5.74) is 10.5. The van der Waals surface area contributed by atoms with Gasteiger partial charge in [0, 0.05) is 45.0 Å². The van der Waals surface area contributed by atoms with Crippen LogP contribution in [0, 0.1) is 0 Å². The Morgan fingerprint density at radius 2 is 1.13 bits per heavy atom. The molecule has 45 heavy (non-hydrogen) atoms. The van der Waals surface area contributed by atoms with Crippen molar-refractivity contribution in [2.45, 2.75) is 39.2 Å². The summed E-state index contributed by atoms with van der Waals surface area (Å²) in [5.74, 6) is 0.907. The van der Waals surface area contributed by atoms with Crippen LogP contribution in [0.3, 0.4) is 0 Å². The third kappa shape index (κ3) is 4.24. The van der Waals surface area contributed by atoms with E-state index in [1.165, 1.54) is 44.3 Å². The lowest BCUT2D eigenvalue weighted by Crippen LogP contribution is -2.37. The fraction of sp³-hybridized carbons (Fsp3) is 0.146. The molecule has 0 N–H and O–H groups in total. The minimum Gasteiger partial charge on any atom is -0.337 e. The van der Waals surface area contributed by atoms with Gasteiger partial charge in [-0.25, -0.2) is 4.98 Å². The number of hydrogen-bond acceptors (Lipinski definition) is 3. The van der Waals surface area contributed by atoms with E-state index in [1.807, 2.05) is 0 Å². The Bertz CT molecular complexity index is 2080. The minimum absolute atomic E-state index is 0.254. The fourth-order valence-electron chi connectivity index (χ4n) is 7.23. The highest BCUT2D eigenvalue weighted by Gasteiger charge is 2.38. The highest BCUT2D eigenvalue weighted by Crippen LogP contribution is 2.51. The molecule has 8 rings (SSSR count). The van der Waals surface area contributed by atoms with Gasteiger partial charge in [0.05, 0.1) is 22.9 Å². The van der Waals surface area contributed by atoms with Gasteiger partial charge in [-0.2, -0.15) is 0 Å². The summed E-state index contributed by atoms with van der Waals surface area (Å²) in [5, 5.41) is 2.55. The number of para-hydroxylation sites is 4.